The quantitative estimate of drug-likeness (QED) is 0.941. The van der Waals surface area contributed by atoms with Crippen molar-refractivity contribution < 1.29 is 4.74 Å². The van der Waals surface area contributed by atoms with Crippen molar-refractivity contribution in [2.45, 2.75) is 25.5 Å². The molecule has 22 heavy (non-hydrogen) atoms. The molecule has 4 rings (SSSR count). The number of likely N-dealkylation sites (tertiary alicyclic amines) is 1. The molecule has 1 aromatic heterocycles. The van der Waals surface area contributed by atoms with Gasteiger partial charge in [-0.25, -0.2) is 0 Å². The Balaban J connectivity index is 1.39. The van der Waals surface area contributed by atoms with Crippen molar-refractivity contribution in [1.29, 1.82) is 0 Å². The zero-order valence-corrected chi connectivity index (χ0v) is 12.7. The molecule has 4 nitrogen and oxygen atoms in total. The lowest BCUT2D eigenvalue weighted by Gasteiger charge is -2.18. The van der Waals surface area contributed by atoms with Crippen molar-refractivity contribution in [3.63, 3.8) is 0 Å². The molecule has 0 saturated carbocycles. The molecular weight excluding hydrogens is 274 g/mol. The Morgan fingerprint density at radius 1 is 1.23 bits per heavy atom. The number of hydrogen-bond donors (Lipinski definition) is 1. The molecule has 2 aliphatic heterocycles. The monoisotopic (exact) mass is 295 g/mol. The van der Waals surface area contributed by atoms with Gasteiger partial charge in [-0.05, 0) is 36.1 Å². The smallest absolute Gasteiger partial charge is 0.122 e. The van der Waals surface area contributed by atoms with Gasteiger partial charge >= 0.3 is 0 Å². The minimum Gasteiger partial charge on any atom is -0.489 e. The molecule has 0 spiro atoms. The second-order valence-corrected chi connectivity index (χ2v) is 6.07. The molecule has 3 heterocycles. The Morgan fingerprint density at radius 2 is 2.14 bits per heavy atom. The molecule has 0 radical (unpaired) electrons. The van der Waals surface area contributed by atoms with Crippen LogP contribution in [0.25, 0.3) is 0 Å². The van der Waals surface area contributed by atoms with E-state index in [1.165, 1.54) is 16.8 Å². The highest BCUT2D eigenvalue weighted by Crippen LogP contribution is 2.28. The topological polar surface area (TPSA) is 37.4 Å². The molecule has 1 aromatic carbocycles. The summed E-state index contributed by atoms with van der Waals surface area (Å²) in [7, 11) is 0. The van der Waals surface area contributed by atoms with Gasteiger partial charge in [-0.3, -0.25) is 9.88 Å². The van der Waals surface area contributed by atoms with E-state index in [-0.39, 0.29) is 6.10 Å². The SMILES string of the molecule is c1cc2c(c(CN3CC[C@@H](Oc4ccncc4)C3)c1)NCC2. The predicted octanol–water partition coefficient (Wildman–Crippen LogP) is 2.70. The summed E-state index contributed by atoms with van der Waals surface area (Å²) in [5.41, 5.74) is 4.24. The van der Waals surface area contributed by atoms with Gasteiger partial charge in [0.15, 0.2) is 0 Å². The van der Waals surface area contributed by atoms with Crippen LogP contribution >= 0.6 is 0 Å². The summed E-state index contributed by atoms with van der Waals surface area (Å²) in [5.74, 6) is 0.920. The highest BCUT2D eigenvalue weighted by molar-refractivity contribution is 5.61. The first-order valence-corrected chi connectivity index (χ1v) is 8.02. The van der Waals surface area contributed by atoms with E-state index in [9.17, 15) is 0 Å². The number of para-hydroxylation sites is 1. The lowest BCUT2D eigenvalue weighted by molar-refractivity contribution is 0.198. The van der Waals surface area contributed by atoms with Crippen molar-refractivity contribution in [2.75, 3.05) is 25.0 Å². The summed E-state index contributed by atoms with van der Waals surface area (Å²) in [4.78, 5) is 6.51. The van der Waals surface area contributed by atoms with Crippen molar-refractivity contribution in [3.8, 4) is 5.75 Å². The molecule has 4 heteroatoms. The van der Waals surface area contributed by atoms with Crippen molar-refractivity contribution in [1.82, 2.24) is 9.88 Å². The third-order valence-electron chi connectivity index (χ3n) is 4.51. The van der Waals surface area contributed by atoms with Gasteiger partial charge in [0.05, 0.1) is 0 Å². The number of benzene rings is 1. The average Bonchev–Trinajstić information content (AvgIpc) is 3.18. The van der Waals surface area contributed by atoms with E-state index in [1.54, 1.807) is 12.4 Å². The van der Waals surface area contributed by atoms with Crippen LogP contribution in [0.4, 0.5) is 5.69 Å². The zero-order chi connectivity index (χ0) is 14.8. The van der Waals surface area contributed by atoms with Crippen LogP contribution in [0.3, 0.4) is 0 Å². The van der Waals surface area contributed by atoms with Gasteiger partial charge in [-0.2, -0.15) is 0 Å². The number of nitrogens with zero attached hydrogens (tertiary/aromatic N) is 2. The number of nitrogens with one attached hydrogen (secondary N) is 1. The van der Waals surface area contributed by atoms with Gasteiger partial charge in [0.25, 0.3) is 0 Å². The second kappa shape index (κ2) is 5.97. The number of anilines is 1. The first-order valence-electron chi connectivity index (χ1n) is 8.02. The van der Waals surface area contributed by atoms with Crippen LogP contribution in [0.1, 0.15) is 17.5 Å². The first-order chi connectivity index (χ1) is 10.9. The largest absolute Gasteiger partial charge is 0.489 e. The Kier molecular flexibility index (Phi) is 3.69. The molecule has 0 bridgehead atoms. The van der Waals surface area contributed by atoms with Gasteiger partial charge in [-0.1, -0.05) is 18.2 Å². The van der Waals surface area contributed by atoms with Crippen LogP contribution in [0.15, 0.2) is 42.7 Å². The minimum absolute atomic E-state index is 0.284. The fourth-order valence-electron chi connectivity index (χ4n) is 3.43. The highest BCUT2D eigenvalue weighted by atomic mass is 16.5. The summed E-state index contributed by atoms with van der Waals surface area (Å²) in [6.45, 7) is 4.16. The lowest BCUT2D eigenvalue weighted by atomic mass is 10.1. The van der Waals surface area contributed by atoms with Gasteiger partial charge < -0.3 is 10.1 Å². The van der Waals surface area contributed by atoms with Crippen LogP contribution in [0.5, 0.6) is 5.75 Å². The summed E-state index contributed by atoms with van der Waals surface area (Å²) in [5, 5.41) is 3.53. The number of ether oxygens (including phenoxy) is 1. The van der Waals surface area contributed by atoms with E-state index in [0.29, 0.717) is 0 Å². The third-order valence-corrected chi connectivity index (χ3v) is 4.51. The van der Waals surface area contributed by atoms with Gasteiger partial charge in [0.2, 0.25) is 0 Å². The first kappa shape index (κ1) is 13.6. The molecule has 1 atom stereocenters. The van der Waals surface area contributed by atoms with Crippen LogP contribution in [0, 0.1) is 0 Å². The predicted molar refractivity (Wildman–Crippen MR) is 87.2 cm³/mol. The normalized spacial score (nSPS) is 20.6. The summed E-state index contributed by atoms with van der Waals surface area (Å²) < 4.78 is 6.04. The molecule has 2 aliphatic rings. The lowest BCUT2D eigenvalue weighted by Crippen LogP contribution is -2.24. The molecule has 0 amide bonds. The maximum absolute atomic E-state index is 6.04. The van der Waals surface area contributed by atoms with Gasteiger partial charge in [0.1, 0.15) is 11.9 Å². The molecular formula is C18H21N3O. The van der Waals surface area contributed by atoms with Crippen molar-refractivity contribution in [3.05, 3.63) is 53.9 Å². The number of pyridine rings is 1. The fourth-order valence-corrected chi connectivity index (χ4v) is 3.43. The number of fused-ring (bicyclic) bond motifs is 1. The van der Waals surface area contributed by atoms with E-state index in [2.05, 4.69) is 33.4 Å². The van der Waals surface area contributed by atoms with E-state index >= 15 is 0 Å². The number of hydrogen-bond acceptors (Lipinski definition) is 4. The third kappa shape index (κ3) is 2.79. The Labute approximate surface area is 131 Å². The van der Waals surface area contributed by atoms with Gasteiger partial charge in [-0.15, -0.1) is 0 Å². The van der Waals surface area contributed by atoms with Crippen molar-refractivity contribution in [2.24, 2.45) is 0 Å². The van der Waals surface area contributed by atoms with E-state index in [4.69, 9.17) is 4.74 Å². The number of rotatable bonds is 4. The molecule has 0 aliphatic carbocycles. The molecule has 2 aromatic rings. The van der Waals surface area contributed by atoms with Gasteiger partial charge in [0, 0.05) is 44.3 Å². The van der Waals surface area contributed by atoms with E-state index < -0.39 is 0 Å². The maximum Gasteiger partial charge on any atom is 0.122 e. The van der Waals surface area contributed by atoms with Crippen LogP contribution < -0.4 is 10.1 Å². The standard InChI is InChI=1S/C18H21N3O/c1-2-14-4-10-20-18(14)15(3-1)12-21-11-7-17(13-21)22-16-5-8-19-9-6-16/h1-3,5-6,8-9,17,20H,4,7,10-13H2/t17-/m1/s1. The highest BCUT2D eigenvalue weighted by Gasteiger charge is 2.25. The molecule has 1 fully saturated rings. The molecule has 1 saturated heterocycles. The summed E-state index contributed by atoms with van der Waals surface area (Å²) in [6, 6.07) is 10.5. The van der Waals surface area contributed by atoms with E-state index in [0.717, 1.165) is 44.8 Å². The summed E-state index contributed by atoms with van der Waals surface area (Å²) in [6.07, 6.45) is 6.08. The Morgan fingerprint density at radius 3 is 3.05 bits per heavy atom. The zero-order valence-electron chi connectivity index (χ0n) is 12.7. The number of aromatic nitrogens is 1. The van der Waals surface area contributed by atoms with Crippen LogP contribution in [0.2, 0.25) is 0 Å². The maximum atomic E-state index is 6.04. The Hall–Kier alpha value is -2.07. The van der Waals surface area contributed by atoms with Crippen molar-refractivity contribution >= 4 is 5.69 Å². The second-order valence-electron chi connectivity index (χ2n) is 6.07. The Bertz CT molecular complexity index is 644. The summed E-state index contributed by atoms with van der Waals surface area (Å²) >= 11 is 0. The molecule has 1 N–H and O–H groups in total. The molecule has 114 valence electrons. The minimum atomic E-state index is 0.284. The fraction of sp³-hybridized carbons (Fsp3) is 0.389. The van der Waals surface area contributed by atoms with E-state index in [1.807, 2.05) is 12.1 Å². The van der Waals surface area contributed by atoms with Crippen LogP contribution in [-0.2, 0) is 13.0 Å². The average molecular weight is 295 g/mol. The molecule has 0 unspecified atom stereocenters. The van der Waals surface area contributed by atoms with Crippen LogP contribution in [-0.4, -0.2) is 35.6 Å².